The third kappa shape index (κ3) is 3.42. The Hall–Kier alpha value is -2.27. The largest absolute Gasteiger partial charge is 0.364 e. The van der Waals surface area contributed by atoms with Crippen LogP contribution in [0.5, 0.6) is 0 Å². The van der Waals surface area contributed by atoms with Gasteiger partial charge in [0.25, 0.3) is 5.24 Å². The lowest BCUT2D eigenvalue weighted by molar-refractivity contribution is -0.119. The number of hydrogen-bond donors (Lipinski definition) is 1. The van der Waals surface area contributed by atoms with E-state index in [1.165, 1.54) is 16.8 Å². The third-order valence-electron chi connectivity index (χ3n) is 4.94. The minimum atomic E-state index is -0.277. The van der Waals surface area contributed by atoms with Crippen LogP contribution < -0.4 is 10.2 Å². The van der Waals surface area contributed by atoms with Crippen molar-refractivity contribution in [3.63, 3.8) is 0 Å². The van der Waals surface area contributed by atoms with E-state index in [0.717, 1.165) is 31.1 Å². The topological polar surface area (TPSA) is 49.4 Å². The highest BCUT2D eigenvalue weighted by atomic mass is 32.2. The van der Waals surface area contributed by atoms with Crippen molar-refractivity contribution < 1.29 is 9.59 Å². The Bertz CT molecular complexity index is 793. The van der Waals surface area contributed by atoms with Gasteiger partial charge in [-0.1, -0.05) is 60.3 Å². The number of carbonyl (C=O) groups is 2. The fourth-order valence-corrected chi connectivity index (χ4v) is 4.61. The summed E-state index contributed by atoms with van der Waals surface area (Å²) in [5, 5.41) is 1.91. The number of amides is 2. The first-order chi connectivity index (χ1) is 12.2. The van der Waals surface area contributed by atoms with Crippen LogP contribution in [0, 0.1) is 0 Å². The van der Waals surface area contributed by atoms with E-state index < -0.39 is 0 Å². The lowest BCUT2D eigenvalue weighted by Gasteiger charge is -2.40. The standard InChI is InChI=1S/C20H20N2O2S/c23-19-18(25-20(24)21-19)12-16-11-10-15-8-4-5-9-17(15)22(16)13-14-6-2-1-3-7-14/h1-9,16,18H,10-13H2,(H,21,23,24). The van der Waals surface area contributed by atoms with Gasteiger partial charge in [0, 0.05) is 18.3 Å². The lowest BCUT2D eigenvalue weighted by Crippen LogP contribution is -2.41. The highest BCUT2D eigenvalue weighted by Gasteiger charge is 2.36. The summed E-state index contributed by atoms with van der Waals surface area (Å²) in [7, 11) is 0. The molecule has 2 unspecified atom stereocenters. The molecule has 1 saturated heterocycles. The Kier molecular flexibility index (Phi) is 4.49. The molecule has 5 heteroatoms. The molecule has 25 heavy (non-hydrogen) atoms. The van der Waals surface area contributed by atoms with Crippen LogP contribution in [0.4, 0.5) is 10.5 Å². The quantitative estimate of drug-likeness (QED) is 0.910. The van der Waals surface area contributed by atoms with Crippen LogP contribution in [0.15, 0.2) is 54.6 Å². The summed E-state index contributed by atoms with van der Waals surface area (Å²) in [5.74, 6) is -0.145. The molecule has 1 N–H and O–H groups in total. The monoisotopic (exact) mass is 352 g/mol. The van der Waals surface area contributed by atoms with Crippen molar-refractivity contribution in [2.24, 2.45) is 0 Å². The van der Waals surface area contributed by atoms with E-state index in [-0.39, 0.29) is 22.4 Å². The number of rotatable bonds is 4. The van der Waals surface area contributed by atoms with Gasteiger partial charge >= 0.3 is 0 Å². The minimum absolute atomic E-state index is 0.145. The van der Waals surface area contributed by atoms with E-state index in [0.29, 0.717) is 6.42 Å². The number of nitrogens with zero attached hydrogens (tertiary/aromatic N) is 1. The molecule has 128 valence electrons. The van der Waals surface area contributed by atoms with Gasteiger partial charge in [0.1, 0.15) is 0 Å². The summed E-state index contributed by atoms with van der Waals surface area (Å²) < 4.78 is 0. The predicted octanol–water partition coefficient (Wildman–Crippen LogP) is 3.75. The first-order valence-electron chi connectivity index (χ1n) is 8.60. The minimum Gasteiger partial charge on any atom is -0.364 e. The fourth-order valence-electron chi connectivity index (χ4n) is 3.71. The number of anilines is 1. The molecule has 0 bridgehead atoms. The molecule has 4 nitrogen and oxygen atoms in total. The van der Waals surface area contributed by atoms with Gasteiger partial charge in [-0.25, -0.2) is 0 Å². The molecule has 2 aromatic carbocycles. The molecule has 2 heterocycles. The number of imide groups is 1. The van der Waals surface area contributed by atoms with E-state index in [1.807, 2.05) is 6.07 Å². The summed E-state index contributed by atoms with van der Waals surface area (Å²) >= 11 is 1.13. The van der Waals surface area contributed by atoms with Crippen LogP contribution >= 0.6 is 11.8 Å². The lowest BCUT2D eigenvalue weighted by atomic mass is 9.92. The van der Waals surface area contributed by atoms with Gasteiger partial charge in [0.2, 0.25) is 5.91 Å². The van der Waals surface area contributed by atoms with Crippen molar-refractivity contribution in [3.05, 3.63) is 65.7 Å². The van der Waals surface area contributed by atoms with Crippen molar-refractivity contribution in [1.82, 2.24) is 5.32 Å². The second-order valence-electron chi connectivity index (χ2n) is 6.55. The van der Waals surface area contributed by atoms with Gasteiger partial charge in [-0.05, 0) is 36.5 Å². The Morgan fingerprint density at radius 1 is 1.04 bits per heavy atom. The van der Waals surface area contributed by atoms with E-state index in [1.54, 1.807) is 0 Å². The van der Waals surface area contributed by atoms with Gasteiger partial charge in [-0.2, -0.15) is 0 Å². The molecule has 4 rings (SSSR count). The Morgan fingerprint density at radius 3 is 2.56 bits per heavy atom. The average Bonchev–Trinajstić information content (AvgIpc) is 2.95. The number of fused-ring (bicyclic) bond motifs is 1. The van der Waals surface area contributed by atoms with Gasteiger partial charge in [0.15, 0.2) is 0 Å². The van der Waals surface area contributed by atoms with Crippen LogP contribution in [-0.4, -0.2) is 22.4 Å². The zero-order chi connectivity index (χ0) is 17.2. The molecule has 2 amide bonds. The second-order valence-corrected chi connectivity index (χ2v) is 7.73. The van der Waals surface area contributed by atoms with Crippen molar-refractivity contribution in [3.8, 4) is 0 Å². The maximum absolute atomic E-state index is 12.0. The summed E-state index contributed by atoms with van der Waals surface area (Å²) in [6, 6.07) is 19.2. The fraction of sp³-hybridized carbons (Fsp3) is 0.300. The van der Waals surface area contributed by atoms with E-state index in [4.69, 9.17) is 0 Å². The highest BCUT2D eigenvalue weighted by molar-refractivity contribution is 8.15. The molecule has 2 aliphatic rings. The molecule has 0 spiro atoms. The number of aryl methyl sites for hydroxylation is 1. The van der Waals surface area contributed by atoms with E-state index in [2.05, 4.69) is 58.7 Å². The molecule has 2 aliphatic heterocycles. The molecule has 2 atom stereocenters. The normalized spacial score (nSPS) is 22.6. The third-order valence-corrected chi connectivity index (χ3v) is 5.94. The molecular formula is C20H20N2O2S. The zero-order valence-corrected chi connectivity index (χ0v) is 14.7. The molecular weight excluding hydrogens is 332 g/mol. The molecule has 1 fully saturated rings. The summed E-state index contributed by atoms with van der Waals surface area (Å²) in [6.45, 7) is 0.815. The smallest absolute Gasteiger partial charge is 0.286 e. The van der Waals surface area contributed by atoms with E-state index in [9.17, 15) is 9.59 Å². The van der Waals surface area contributed by atoms with Crippen LogP contribution in [-0.2, 0) is 17.8 Å². The second kappa shape index (κ2) is 6.92. The first kappa shape index (κ1) is 16.2. The van der Waals surface area contributed by atoms with Gasteiger partial charge in [0.05, 0.1) is 5.25 Å². The van der Waals surface area contributed by atoms with Gasteiger partial charge in [-0.15, -0.1) is 0 Å². The van der Waals surface area contributed by atoms with Crippen LogP contribution in [0.3, 0.4) is 0 Å². The molecule has 0 radical (unpaired) electrons. The van der Waals surface area contributed by atoms with Crippen molar-refractivity contribution in [2.75, 3.05) is 4.90 Å². The summed E-state index contributed by atoms with van der Waals surface area (Å²) in [5.41, 5.74) is 3.86. The number of thioether (sulfide) groups is 1. The van der Waals surface area contributed by atoms with Crippen molar-refractivity contribution in [1.29, 1.82) is 0 Å². The Balaban J connectivity index is 1.61. The Morgan fingerprint density at radius 2 is 1.80 bits per heavy atom. The van der Waals surface area contributed by atoms with Gasteiger partial charge in [-0.3, -0.25) is 14.9 Å². The SMILES string of the molecule is O=C1NC(=O)C(CC2CCc3ccccc3N2Cc2ccccc2)S1. The zero-order valence-electron chi connectivity index (χ0n) is 13.9. The number of hydrogen-bond acceptors (Lipinski definition) is 4. The number of carbonyl (C=O) groups excluding carboxylic acids is 2. The average molecular weight is 352 g/mol. The van der Waals surface area contributed by atoms with Crippen LogP contribution in [0.25, 0.3) is 0 Å². The number of nitrogens with one attached hydrogen (secondary N) is 1. The first-order valence-corrected chi connectivity index (χ1v) is 9.48. The maximum atomic E-state index is 12.0. The molecule has 2 aromatic rings. The summed E-state index contributed by atoms with van der Waals surface area (Å²) in [4.78, 5) is 25.9. The predicted molar refractivity (Wildman–Crippen MR) is 101 cm³/mol. The maximum Gasteiger partial charge on any atom is 0.286 e. The highest BCUT2D eigenvalue weighted by Crippen LogP contribution is 2.36. The number of para-hydroxylation sites is 1. The van der Waals surface area contributed by atoms with Crippen molar-refractivity contribution >= 4 is 28.6 Å². The molecule has 0 saturated carbocycles. The van der Waals surface area contributed by atoms with Crippen molar-refractivity contribution in [2.45, 2.75) is 37.1 Å². The summed E-state index contributed by atoms with van der Waals surface area (Å²) in [6.07, 6.45) is 2.71. The van der Waals surface area contributed by atoms with E-state index >= 15 is 0 Å². The number of benzene rings is 2. The van der Waals surface area contributed by atoms with Crippen LogP contribution in [0.1, 0.15) is 24.0 Å². The molecule has 0 aliphatic carbocycles. The van der Waals surface area contributed by atoms with Gasteiger partial charge < -0.3 is 4.90 Å². The van der Waals surface area contributed by atoms with Crippen LogP contribution in [0.2, 0.25) is 0 Å². The molecule has 0 aromatic heterocycles. The Labute approximate surface area is 151 Å².